The minimum atomic E-state index is -0.840. The highest BCUT2D eigenvalue weighted by Gasteiger charge is 2.22. The SMILES string of the molecule is O=C(O)CN1CCCN(C(=O)c2cc(Cl)ccc2Br)CC1. The zero-order valence-electron chi connectivity index (χ0n) is 11.4. The number of nitrogens with zero attached hydrogens (tertiary/aromatic N) is 2. The van der Waals surface area contributed by atoms with Crippen LogP contribution in [0.1, 0.15) is 16.8 Å². The number of carboxylic acid groups (broad SMARTS) is 1. The Morgan fingerprint density at radius 2 is 2.00 bits per heavy atom. The van der Waals surface area contributed by atoms with Crippen LogP contribution in [0.2, 0.25) is 5.02 Å². The number of halogens is 2. The lowest BCUT2D eigenvalue weighted by molar-refractivity contribution is -0.138. The van der Waals surface area contributed by atoms with Gasteiger partial charge in [-0.1, -0.05) is 11.6 Å². The number of benzene rings is 1. The topological polar surface area (TPSA) is 60.9 Å². The summed E-state index contributed by atoms with van der Waals surface area (Å²) in [6.07, 6.45) is 0.761. The fourth-order valence-corrected chi connectivity index (χ4v) is 2.94. The van der Waals surface area contributed by atoms with Crippen LogP contribution < -0.4 is 0 Å². The molecule has 1 aliphatic heterocycles. The second-order valence-electron chi connectivity index (χ2n) is 4.94. The Hall–Kier alpha value is -1.11. The fraction of sp³-hybridized carbons (Fsp3) is 0.429. The minimum absolute atomic E-state index is 0.0168. The van der Waals surface area contributed by atoms with Gasteiger partial charge in [-0.05, 0) is 40.5 Å². The van der Waals surface area contributed by atoms with E-state index in [0.29, 0.717) is 41.2 Å². The van der Waals surface area contributed by atoms with Crippen LogP contribution in [0.25, 0.3) is 0 Å². The highest BCUT2D eigenvalue weighted by atomic mass is 79.9. The van der Waals surface area contributed by atoms with Gasteiger partial charge in [-0.3, -0.25) is 14.5 Å². The molecule has 2 rings (SSSR count). The van der Waals surface area contributed by atoms with Crippen molar-refractivity contribution in [2.24, 2.45) is 0 Å². The zero-order chi connectivity index (χ0) is 15.4. The molecule has 5 nitrogen and oxygen atoms in total. The Kier molecular flexibility index (Phi) is 5.61. The Labute approximate surface area is 136 Å². The molecule has 0 radical (unpaired) electrons. The van der Waals surface area contributed by atoms with Gasteiger partial charge >= 0.3 is 5.97 Å². The van der Waals surface area contributed by atoms with Gasteiger partial charge in [0.05, 0.1) is 12.1 Å². The van der Waals surface area contributed by atoms with Crippen molar-refractivity contribution < 1.29 is 14.7 Å². The molecule has 0 unspecified atom stereocenters. The molecular formula is C14H16BrClN2O3. The first kappa shape index (κ1) is 16.3. The summed E-state index contributed by atoms with van der Waals surface area (Å²) < 4.78 is 0.712. The molecule has 0 saturated carbocycles. The summed E-state index contributed by atoms with van der Waals surface area (Å²) >= 11 is 9.31. The van der Waals surface area contributed by atoms with Crippen molar-refractivity contribution in [3.63, 3.8) is 0 Å². The van der Waals surface area contributed by atoms with E-state index in [0.717, 1.165) is 6.42 Å². The number of hydrogen-bond donors (Lipinski definition) is 1. The van der Waals surface area contributed by atoms with Gasteiger partial charge < -0.3 is 10.0 Å². The number of carboxylic acids is 1. The van der Waals surface area contributed by atoms with Gasteiger partial charge in [0.25, 0.3) is 5.91 Å². The number of hydrogen-bond acceptors (Lipinski definition) is 3. The summed E-state index contributed by atoms with van der Waals surface area (Å²) in [7, 11) is 0. The Bertz CT molecular complexity index is 553. The molecule has 0 aromatic heterocycles. The average Bonchev–Trinajstić information content (AvgIpc) is 2.66. The van der Waals surface area contributed by atoms with Gasteiger partial charge in [0.15, 0.2) is 0 Å². The molecule has 0 bridgehead atoms. The molecule has 21 heavy (non-hydrogen) atoms. The lowest BCUT2D eigenvalue weighted by Crippen LogP contribution is -2.36. The summed E-state index contributed by atoms with van der Waals surface area (Å²) in [4.78, 5) is 26.9. The van der Waals surface area contributed by atoms with Crippen LogP contribution in [0.5, 0.6) is 0 Å². The van der Waals surface area contributed by atoms with E-state index in [1.165, 1.54) is 0 Å². The Morgan fingerprint density at radius 1 is 1.24 bits per heavy atom. The molecule has 1 saturated heterocycles. The Morgan fingerprint density at radius 3 is 2.71 bits per heavy atom. The molecule has 0 spiro atoms. The molecule has 1 N–H and O–H groups in total. The molecule has 1 amide bonds. The number of rotatable bonds is 3. The molecule has 1 heterocycles. The maximum Gasteiger partial charge on any atom is 0.317 e. The van der Waals surface area contributed by atoms with Crippen molar-refractivity contribution in [1.82, 2.24) is 9.80 Å². The number of aliphatic carboxylic acids is 1. The second-order valence-corrected chi connectivity index (χ2v) is 6.23. The maximum atomic E-state index is 12.6. The van der Waals surface area contributed by atoms with Gasteiger partial charge in [0.1, 0.15) is 0 Å². The normalized spacial score (nSPS) is 16.6. The van der Waals surface area contributed by atoms with Gasteiger partial charge in [-0.15, -0.1) is 0 Å². The van der Waals surface area contributed by atoms with Gasteiger partial charge in [0.2, 0.25) is 0 Å². The quantitative estimate of drug-likeness (QED) is 0.881. The van der Waals surface area contributed by atoms with E-state index in [1.807, 2.05) is 4.90 Å². The molecule has 1 aromatic carbocycles. The standard InChI is InChI=1S/C14H16BrClN2O3/c15-12-3-2-10(16)8-11(12)14(21)18-5-1-4-17(6-7-18)9-13(19)20/h2-3,8H,1,4-7,9H2,(H,19,20). The summed E-state index contributed by atoms with van der Waals surface area (Å²) in [5.41, 5.74) is 0.536. The molecular weight excluding hydrogens is 360 g/mol. The fourth-order valence-electron chi connectivity index (χ4n) is 2.36. The van der Waals surface area contributed by atoms with Crippen LogP contribution in [0.15, 0.2) is 22.7 Å². The summed E-state index contributed by atoms with van der Waals surface area (Å²) in [6.45, 7) is 2.41. The van der Waals surface area contributed by atoms with E-state index in [-0.39, 0.29) is 12.5 Å². The van der Waals surface area contributed by atoms with Gasteiger partial charge in [-0.2, -0.15) is 0 Å². The smallest absolute Gasteiger partial charge is 0.317 e. The highest BCUT2D eigenvalue weighted by Crippen LogP contribution is 2.23. The van der Waals surface area contributed by atoms with E-state index in [4.69, 9.17) is 16.7 Å². The van der Waals surface area contributed by atoms with Crippen molar-refractivity contribution in [3.8, 4) is 0 Å². The maximum absolute atomic E-state index is 12.6. The second kappa shape index (κ2) is 7.24. The first-order valence-electron chi connectivity index (χ1n) is 6.66. The van der Waals surface area contributed by atoms with Crippen LogP contribution >= 0.6 is 27.5 Å². The van der Waals surface area contributed by atoms with E-state index < -0.39 is 5.97 Å². The molecule has 0 atom stereocenters. The van der Waals surface area contributed by atoms with Crippen molar-refractivity contribution in [1.29, 1.82) is 0 Å². The minimum Gasteiger partial charge on any atom is -0.480 e. The van der Waals surface area contributed by atoms with Crippen LogP contribution in [0.3, 0.4) is 0 Å². The molecule has 1 aliphatic rings. The first-order valence-corrected chi connectivity index (χ1v) is 7.83. The monoisotopic (exact) mass is 374 g/mol. The van der Waals surface area contributed by atoms with Crippen molar-refractivity contribution in [2.45, 2.75) is 6.42 Å². The third kappa shape index (κ3) is 4.43. The Balaban J connectivity index is 2.06. The molecule has 0 aliphatic carbocycles. The van der Waals surface area contributed by atoms with E-state index in [1.54, 1.807) is 23.1 Å². The third-order valence-corrected chi connectivity index (χ3v) is 4.32. The largest absolute Gasteiger partial charge is 0.480 e. The third-order valence-electron chi connectivity index (χ3n) is 3.39. The van der Waals surface area contributed by atoms with Gasteiger partial charge in [-0.25, -0.2) is 0 Å². The summed E-state index contributed by atoms with van der Waals surface area (Å²) in [6, 6.07) is 5.12. The lowest BCUT2D eigenvalue weighted by atomic mass is 10.2. The van der Waals surface area contributed by atoms with Crippen molar-refractivity contribution >= 4 is 39.4 Å². The van der Waals surface area contributed by atoms with Crippen LogP contribution in [0, 0.1) is 0 Å². The average molecular weight is 376 g/mol. The van der Waals surface area contributed by atoms with Crippen molar-refractivity contribution in [2.75, 3.05) is 32.7 Å². The molecule has 1 aromatic rings. The van der Waals surface area contributed by atoms with Crippen LogP contribution in [-0.4, -0.2) is 59.5 Å². The molecule has 1 fully saturated rings. The van der Waals surface area contributed by atoms with E-state index in [9.17, 15) is 9.59 Å². The predicted molar refractivity (Wildman–Crippen MR) is 83.7 cm³/mol. The molecule has 114 valence electrons. The summed E-state index contributed by atoms with van der Waals surface area (Å²) in [5.74, 6) is -0.922. The van der Waals surface area contributed by atoms with Crippen LogP contribution in [-0.2, 0) is 4.79 Å². The molecule has 7 heteroatoms. The summed E-state index contributed by atoms with van der Waals surface area (Å²) in [5, 5.41) is 9.35. The lowest BCUT2D eigenvalue weighted by Gasteiger charge is -2.21. The first-order chi connectivity index (χ1) is 9.97. The van der Waals surface area contributed by atoms with Crippen LogP contribution in [0.4, 0.5) is 0 Å². The van der Waals surface area contributed by atoms with E-state index in [2.05, 4.69) is 15.9 Å². The number of carbonyl (C=O) groups excluding carboxylic acids is 1. The number of amides is 1. The zero-order valence-corrected chi connectivity index (χ0v) is 13.7. The van der Waals surface area contributed by atoms with Crippen molar-refractivity contribution in [3.05, 3.63) is 33.3 Å². The predicted octanol–water partition coefficient (Wildman–Crippen LogP) is 2.33. The van der Waals surface area contributed by atoms with E-state index >= 15 is 0 Å². The van der Waals surface area contributed by atoms with Gasteiger partial charge in [0, 0.05) is 35.7 Å². The highest BCUT2D eigenvalue weighted by molar-refractivity contribution is 9.10. The number of carbonyl (C=O) groups is 2.